The zero-order valence-electron chi connectivity index (χ0n) is 19.1. The maximum atomic E-state index is 13.1. The molecule has 0 radical (unpaired) electrons. The van der Waals surface area contributed by atoms with Crippen molar-refractivity contribution < 1.29 is 9.59 Å². The van der Waals surface area contributed by atoms with Crippen LogP contribution in [0.4, 0.5) is 0 Å². The van der Waals surface area contributed by atoms with E-state index in [0.717, 1.165) is 11.9 Å². The van der Waals surface area contributed by atoms with Crippen LogP contribution >= 0.6 is 11.8 Å². The molecule has 2 aromatic heterocycles. The Morgan fingerprint density at radius 3 is 2.26 bits per heavy atom. The van der Waals surface area contributed by atoms with Gasteiger partial charge in [-0.3, -0.25) is 28.3 Å². The van der Waals surface area contributed by atoms with Crippen LogP contribution in [0.2, 0.25) is 0 Å². The van der Waals surface area contributed by atoms with Crippen molar-refractivity contribution in [2.75, 3.05) is 12.3 Å². The molecule has 1 aliphatic heterocycles. The molecule has 0 saturated heterocycles. The summed E-state index contributed by atoms with van der Waals surface area (Å²) in [6.07, 6.45) is 1.49. The van der Waals surface area contributed by atoms with Gasteiger partial charge in [0.1, 0.15) is 0 Å². The van der Waals surface area contributed by atoms with Gasteiger partial charge in [0.05, 0.1) is 22.0 Å². The lowest BCUT2D eigenvalue weighted by Crippen LogP contribution is -2.31. The number of aromatic nitrogens is 4. The number of nitrogens with zero attached hydrogens (tertiary/aromatic N) is 5. The van der Waals surface area contributed by atoms with E-state index in [0.29, 0.717) is 58.6 Å². The topological polar surface area (TPSA) is 89.6 Å². The van der Waals surface area contributed by atoms with Crippen LogP contribution in [0, 0.1) is 5.92 Å². The van der Waals surface area contributed by atoms with Crippen LogP contribution in [0.15, 0.2) is 58.5 Å². The van der Waals surface area contributed by atoms with E-state index in [4.69, 9.17) is 0 Å². The molecule has 3 heterocycles. The molecule has 0 saturated carbocycles. The van der Waals surface area contributed by atoms with Gasteiger partial charge in [-0.2, -0.15) is 0 Å². The number of benzene rings is 2. The first-order chi connectivity index (χ1) is 16.5. The van der Waals surface area contributed by atoms with Crippen molar-refractivity contribution in [3.8, 4) is 0 Å². The van der Waals surface area contributed by atoms with Crippen molar-refractivity contribution in [1.29, 1.82) is 0 Å². The van der Waals surface area contributed by atoms with Gasteiger partial charge in [-0.15, -0.1) is 10.2 Å². The van der Waals surface area contributed by atoms with Crippen molar-refractivity contribution in [3.63, 3.8) is 0 Å². The van der Waals surface area contributed by atoms with Crippen molar-refractivity contribution in [2.24, 2.45) is 5.92 Å². The Labute approximate surface area is 200 Å². The van der Waals surface area contributed by atoms with Gasteiger partial charge < -0.3 is 0 Å². The lowest BCUT2D eigenvalue weighted by Gasteiger charge is -2.13. The van der Waals surface area contributed by atoms with Gasteiger partial charge in [0.25, 0.3) is 17.4 Å². The van der Waals surface area contributed by atoms with Crippen molar-refractivity contribution in [2.45, 2.75) is 38.4 Å². The summed E-state index contributed by atoms with van der Waals surface area (Å²) in [5, 5.41) is 10.0. The number of aryl methyl sites for hydroxylation is 1. The van der Waals surface area contributed by atoms with Gasteiger partial charge >= 0.3 is 0 Å². The normalized spacial score (nSPS) is 13.6. The van der Waals surface area contributed by atoms with Gasteiger partial charge in [-0.1, -0.05) is 49.9 Å². The molecule has 5 rings (SSSR count). The van der Waals surface area contributed by atoms with Crippen LogP contribution in [-0.2, 0) is 6.54 Å². The summed E-state index contributed by atoms with van der Waals surface area (Å²) >= 11 is 1.50. The lowest BCUT2D eigenvalue weighted by atomic mass is 10.1. The smallest absolute Gasteiger partial charge is 0.262 e. The summed E-state index contributed by atoms with van der Waals surface area (Å²) in [6, 6.07) is 14.4. The van der Waals surface area contributed by atoms with Gasteiger partial charge in [0, 0.05) is 18.8 Å². The fourth-order valence-corrected chi connectivity index (χ4v) is 5.11. The number of hydrogen-bond donors (Lipinski definition) is 0. The Hall–Kier alpha value is -3.46. The summed E-state index contributed by atoms with van der Waals surface area (Å²) in [5.41, 5.74) is 1.65. The van der Waals surface area contributed by atoms with Crippen LogP contribution in [0.5, 0.6) is 0 Å². The second kappa shape index (κ2) is 9.06. The predicted molar refractivity (Wildman–Crippen MR) is 131 cm³/mol. The molecular formula is C25H25N5O3S. The lowest BCUT2D eigenvalue weighted by molar-refractivity contribution is 0.0655. The van der Waals surface area contributed by atoms with Crippen LogP contribution in [-0.4, -0.2) is 48.2 Å². The minimum absolute atomic E-state index is 0.0571. The molecular weight excluding hydrogens is 450 g/mol. The molecule has 0 fully saturated rings. The Kier molecular flexibility index (Phi) is 5.95. The minimum Gasteiger partial charge on any atom is -0.276 e. The quantitative estimate of drug-likeness (QED) is 0.218. The number of carbonyl (C=O) groups is 2. The van der Waals surface area contributed by atoms with Crippen molar-refractivity contribution in [3.05, 3.63) is 70.0 Å². The second-order valence-electron chi connectivity index (χ2n) is 8.78. The van der Waals surface area contributed by atoms with Gasteiger partial charge in [0.2, 0.25) is 5.78 Å². The first kappa shape index (κ1) is 22.3. The van der Waals surface area contributed by atoms with Crippen LogP contribution in [0.25, 0.3) is 16.7 Å². The molecule has 174 valence electrons. The second-order valence-corrected chi connectivity index (χ2v) is 9.85. The Bertz CT molecular complexity index is 1440. The first-order valence-electron chi connectivity index (χ1n) is 11.4. The highest BCUT2D eigenvalue weighted by Crippen LogP contribution is 2.25. The Morgan fingerprint density at radius 1 is 0.882 bits per heavy atom. The van der Waals surface area contributed by atoms with Crippen molar-refractivity contribution in [1.82, 2.24) is 24.1 Å². The number of para-hydroxylation sites is 1. The summed E-state index contributed by atoms with van der Waals surface area (Å²) in [5.74, 6) is 1.16. The highest BCUT2D eigenvalue weighted by atomic mass is 32.2. The minimum atomic E-state index is -0.237. The SMILES string of the molecule is CC(C)CCn1c(=O)c2ccccc2n2c(SCCCN3C(=O)c4ccccc4C3=O)nnc12. The largest absolute Gasteiger partial charge is 0.276 e. The number of rotatable bonds is 8. The third-order valence-electron chi connectivity index (χ3n) is 6.04. The van der Waals surface area contributed by atoms with Crippen LogP contribution in [0.3, 0.4) is 0 Å². The molecule has 4 aromatic rings. The van der Waals surface area contributed by atoms with E-state index >= 15 is 0 Å². The van der Waals surface area contributed by atoms with Gasteiger partial charge in [-0.25, -0.2) is 0 Å². The molecule has 34 heavy (non-hydrogen) atoms. The maximum absolute atomic E-state index is 13.1. The maximum Gasteiger partial charge on any atom is 0.262 e. The van der Waals surface area contributed by atoms with Gasteiger partial charge in [-0.05, 0) is 43.0 Å². The Balaban J connectivity index is 1.36. The van der Waals surface area contributed by atoms with E-state index in [1.165, 1.54) is 16.7 Å². The highest BCUT2D eigenvalue weighted by molar-refractivity contribution is 7.99. The standard InChI is InChI=1S/C25H25N5O3S/c1-16(2)12-14-29-23(33)19-10-5-6-11-20(19)30-24(29)26-27-25(30)34-15-7-13-28-21(31)17-8-3-4-9-18(17)22(28)32/h3-6,8-11,16H,7,12-15H2,1-2H3. The molecule has 2 amide bonds. The molecule has 2 aromatic carbocycles. The monoisotopic (exact) mass is 475 g/mol. The number of fused-ring (bicyclic) bond motifs is 4. The number of carbonyl (C=O) groups excluding carboxylic acids is 2. The van der Waals surface area contributed by atoms with Crippen LogP contribution < -0.4 is 5.56 Å². The van der Waals surface area contributed by atoms with Crippen LogP contribution in [0.1, 0.15) is 47.4 Å². The fourth-order valence-electron chi connectivity index (χ4n) is 4.24. The number of amides is 2. The molecule has 0 unspecified atom stereocenters. The highest BCUT2D eigenvalue weighted by Gasteiger charge is 2.34. The molecule has 9 heteroatoms. The summed E-state index contributed by atoms with van der Waals surface area (Å²) in [4.78, 5) is 39.6. The third kappa shape index (κ3) is 3.79. The molecule has 0 atom stereocenters. The zero-order chi connectivity index (χ0) is 23.8. The third-order valence-corrected chi connectivity index (χ3v) is 7.06. The van der Waals surface area contributed by atoms with E-state index in [2.05, 4.69) is 24.0 Å². The molecule has 0 N–H and O–H groups in total. The predicted octanol–water partition coefficient (Wildman–Crippen LogP) is 3.87. The van der Waals surface area contributed by atoms with E-state index in [1.54, 1.807) is 28.8 Å². The van der Waals surface area contributed by atoms with Crippen molar-refractivity contribution >= 4 is 40.3 Å². The first-order valence-corrected chi connectivity index (χ1v) is 12.4. The zero-order valence-corrected chi connectivity index (χ0v) is 19.9. The van der Waals surface area contributed by atoms with E-state index in [9.17, 15) is 14.4 Å². The molecule has 0 aliphatic carbocycles. The molecule has 0 spiro atoms. The van der Waals surface area contributed by atoms with E-state index < -0.39 is 0 Å². The average Bonchev–Trinajstić information content (AvgIpc) is 3.36. The average molecular weight is 476 g/mol. The van der Waals surface area contributed by atoms with Gasteiger partial charge in [0.15, 0.2) is 5.16 Å². The molecule has 1 aliphatic rings. The summed E-state index contributed by atoms with van der Waals surface area (Å²) < 4.78 is 3.64. The van der Waals surface area contributed by atoms with E-state index in [1.807, 2.05) is 28.7 Å². The number of imide groups is 1. The molecule has 0 bridgehead atoms. The fraction of sp³-hybridized carbons (Fsp3) is 0.320. The number of hydrogen-bond acceptors (Lipinski definition) is 6. The number of thioether (sulfide) groups is 1. The Morgan fingerprint density at radius 2 is 1.56 bits per heavy atom. The summed E-state index contributed by atoms with van der Waals surface area (Å²) in [6.45, 7) is 5.18. The van der Waals surface area contributed by atoms with E-state index in [-0.39, 0.29) is 17.4 Å². The molecule has 8 nitrogen and oxygen atoms in total. The summed E-state index contributed by atoms with van der Waals surface area (Å²) in [7, 11) is 0.